The second-order valence-corrected chi connectivity index (χ2v) is 4.63. The zero-order valence-corrected chi connectivity index (χ0v) is 10.7. The summed E-state index contributed by atoms with van der Waals surface area (Å²) in [4.78, 5) is 10.8. The molecule has 5 heteroatoms. The quantitative estimate of drug-likeness (QED) is 0.916. The summed E-state index contributed by atoms with van der Waals surface area (Å²) in [5.74, 6) is -0.489. The Morgan fingerprint density at radius 2 is 1.94 bits per heavy atom. The van der Waals surface area contributed by atoms with Crippen LogP contribution >= 0.6 is 11.6 Å². The van der Waals surface area contributed by atoms with Crippen LogP contribution in [0.1, 0.15) is 35.8 Å². The summed E-state index contributed by atoms with van der Waals surface area (Å²) in [6, 6.07) is 7.60. The van der Waals surface area contributed by atoms with Crippen LogP contribution in [-0.2, 0) is 0 Å². The van der Waals surface area contributed by atoms with Gasteiger partial charge in [-0.3, -0.25) is 0 Å². The first-order valence-electron chi connectivity index (χ1n) is 5.49. The number of hydrogen-bond donors (Lipinski definition) is 1. The summed E-state index contributed by atoms with van der Waals surface area (Å²) < 4.78 is 4.98. The lowest BCUT2D eigenvalue weighted by molar-refractivity contribution is 0.0686. The standard InChI is InChI=1S/C13H12ClNO3/c1-7(2)8-3-5-9(6-4-8)12-10(14)11(13(16)17)15-18-12/h3-7H,1-2H3,(H,16,17). The van der Waals surface area contributed by atoms with Crippen LogP contribution in [0.5, 0.6) is 0 Å². The lowest BCUT2D eigenvalue weighted by atomic mass is 10.0. The molecular formula is C13H12ClNO3. The van der Waals surface area contributed by atoms with E-state index in [4.69, 9.17) is 21.2 Å². The minimum absolute atomic E-state index is 0.0276. The van der Waals surface area contributed by atoms with Gasteiger partial charge in [0.05, 0.1) is 0 Å². The summed E-state index contributed by atoms with van der Waals surface area (Å²) in [5, 5.41) is 12.3. The van der Waals surface area contributed by atoms with Crippen LogP contribution < -0.4 is 0 Å². The van der Waals surface area contributed by atoms with Crippen LogP contribution in [0.3, 0.4) is 0 Å². The van der Waals surface area contributed by atoms with Crippen LogP contribution in [-0.4, -0.2) is 16.2 Å². The number of rotatable bonds is 3. The number of halogens is 1. The zero-order valence-electron chi connectivity index (χ0n) is 9.98. The number of carboxylic acids is 1. The number of aromatic nitrogens is 1. The molecule has 0 fully saturated rings. The molecule has 4 nitrogen and oxygen atoms in total. The summed E-state index contributed by atoms with van der Waals surface area (Å²) in [5.41, 5.74) is 1.64. The summed E-state index contributed by atoms with van der Waals surface area (Å²) in [6.45, 7) is 4.19. The fraction of sp³-hybridized carbons (Fsp3) is 0.231. The maximum atomic E-state index is 10.8. The lowest BCUT2D eigenvalue weighted by Gasteiger charge is -2.05. The van der Waals surface area contributed by atoms with Gasteiger partial charge in [-0.2, -0.15) is 0 Å². The van der Waals surface area contributed by atoms with Gasteiger partial charge in [0, 0.05) is 5.56 Å². The Kier molecular flexibility index (Phi) is 3.39. The van der Waals surface area contributed by atoms with Crippen LogP contribution in [0, 0.1) is 0 Å². The Morgan fingerprint density at radius 1 is 1.33 bits per heavy atom. The molecule has 1 heterocycles. The number of aromatic carboxylic acids is 1. The Hall–Kier alpha value is -1.81. The highest BCUT2D eigenvalue weighted by Crippen LogP contribution is 2.31. The van der Waals surface area contributed by atoms with Crippen molar-refractivity contribution >= 4 is 17.6 Å². The molecule has 0 aliphatic carbocycles. The van der Waals surface area contributed by atoms with Crippen molar-refractivity contribution in [2.45, 2.75) is 19.8 Å². The molecule has 94 valence electrons. The van der Waals surface area contributed by atoms with Gasteiger partial charge in [-0.15, -0.1) is 0 Å². The van der Waals surface area contributed by atoms with E-state index in [0.29, 0.717) is 11.5 Å². The molecule has 0 saturated carbocycles. The average Bonchev–Trinajstić information content (AvgIpc) is 2.71. The molecule has 18 heavy (non-hydrogen) atoms. The van der Waals surface area contributed by atoms with E-state index in [-0.39, 0.29) is 16.5 Å². The van der Waals surface area contributed by atoms with Gasteiger partial charge in [0.1, 0.15) is 5.02 Å². The fourth-order valence-corrected chi connectivity index (χ4v) is 1.87. The van der Waals surface area contributed by atoms with Crippen molar-refractivity contribution in [3.05, 3.63) is 40.5 Å². The Morgan fingerprint density at radius 3 is 2.39 bits per heavy atom. The normalized spacial score (nSPS) is 10.9. The second-order valence-electron chi connectivity index (χ2n) is 4.26. The van der Waals surface area contributed by atoms with E-state index in [1.165, 1.54) is 5.56 Å². The summed E-state index contributed by atoms with van der Waals surface area (Å²) >= 11 is 5.92. The van der Waals surface area contributed by atoms with Gasteiger partial charge >= 0.3 is 5.97 Å². The number of carboxylic acid groups (broad SMARTS) is 1. The highest BCUT2D eigenvalue weighted by Gasteiger charge is 2.20. The first-order valence-corrected chi connectivity index (χ1v) is 5.87. The zero-order chi connectivity index (χ0) is 13.3. The summed E-state index contributed by atoms with van der Waals surface area (Å²) in [6.07, 6.45) is 0. The molecule has 0 aliphatic heterocycles. The highest BCUT2D eigenvalue weighted by molar-refractivity contribution is 6.35. The third-order valence-electron chi connectivity index (χ3n) is 2.68. The third kappa shape index (κ3) is 2.24. The molecular weight excluding hydrogens is 254 g/mol. The Balaban J connectivity index is 2.40. The van der Waals surface area contributed by atoms with Gasteiger partial charge in [-0.05, 0) is 11.5 Å². The molecule has 0 spiro atoms. The molecule has 0 saturated heterocycles. The maximum Gasteiger partial charge on any atom is 0.359 e. The van der Waals surface area contributed by atoms with E-state index in [1.54, 1.807) is 0 Å². The SMILES string of the molecule is CC(C)c1ccc(-c2onc(C(=O)O)c2Cl)cc1. The van der Waals surface area contributed by atoms with Crippen LogP contribution in [0.15, 0.2) is 28.8 Å². The minimum atomic E-state index is -1.20. The molecule has 0 radical (unpaired) electrons. The number of hydrogen-bond acceptors (Lipinski definition) is 3. The smallest absolute Gasteiger partial charge is 0.359 e. The molecule has 1 N–H and O–H groups in total. The van der Waals surface area contributed by atoms with Crippen molar-refractivity contribution in [1.29, 1.82) is 0 Å². The van der Waals surface area contributed by atoms with Crippen molar-refractivity contribution in [2.24, 2.45) is 0 Å². The molecule has 1 aromatic heterocycles. The Bertz CT molecular complexity index is 572. The number of benzene rings is 1. The van der Waals surface area contributed by atoms with Gasteiger partial charge in [-0.25, -0.2) is 4.79 Å². The minimum Gasteiger partial charge on any atom is -0.476 e. The van der Waals surface area contributed by atoms with Gasteiger partial charge in [0.2, 0.25) is 5.69 Å². The molecule has 1 aromatic carbocycles. The molecule has 2 rings (SSSR count). The molecule has 0 bridgehead atoms. The maximum absolute atomic E-state index is 10.8. The topological polar surface area (TPSA) is 63.3 Å². The van der Waals surface area contributed by atoms with Crippen molar-refractivity contribution in [2.75, 3.05) is 0 Å². The van der Waals surface area contributed by atoms with Crippen molar-refractivity contribution in [1.82, 2.24) is 5.16 Å². The van der Waals surface area contributed by atoms with E-state index < -0.39 is 5.97 Å². The van der Waals surface area contributed by atoms with E-state index in [1.807, 2.05) is 24.3 Å². The first kappa shape index (κ1) is 12.6. The van der Waals surface area contributed by atoms with Gasteiger partial charge < -0.3 is 9.63 Å². The summed E-state index contributed by atoms with van der Waals surface area (Å²) in [7, 11) is 0. The third-order valence-corrected chi connectivity index (χ3v) is 3.03. The molecule has 2 aromatic rings. The van der Waals surface area contributed by atoms with Crippen molar-refractivity contribution in [3.8, 4) is 11.3 Å². The van der Waals surface area contributed by atoms with Gasteiger partial charge in [-0.1, -0.05) is 54.9 Å². The monoisotopic (exact) mass is 265 g/mol. The molecule has 0 aliphatic rings. The number of nitrogens with zero attached hydrogens (tertiary/aromatic N) is 1. The van der Waals surface area contributed by atoms with E-state index >= 15 is 0 Å². The van der Waals surface area contributed by atoms with Crippen molar-refractivity contribution < 1.29 is 14.4 Å². The van der Waals surface area contributed by atoms with Gasteiger partial charge in [0.25, 0.3) is 0 Å². The molecule has 0 unspecified atom stereocenters. The fourth-order valence-electron chi connectivity index (χ4n) is 1.61. The average molecular weight is 266 g/mol. The van der Waals surface area contributed by atoms with Crippen LogP contribution in [0.25, 0.3) is 11.3 Å². The van der Waals surface area contributed by atoms with E-state index in [0.717, 1.165) is 0 Å². The first-order chi connectivity index (χ1) is 8.50. The number of carbonyl (C=O) groups is 1. The van der Waals surface area contributed by atoms with E-state index in [2.05, 4.69) is 19.0 Å². The lowest BCUT2D eigenvalue weighted by Crippen LogP contribution is -1.96. The predicted molar refractivity (Wildman–Crippen MR) is 68.0 cm³/mol. The largest absolute Gasteiger partial charge is 0.476 e. The highest BCUT2D eigenvalue weighted by atomic mass is 35.5. The van der Waals surface area contributed by atoms with E-state index in [9.17, 15) is 4.79 Å². The molecule has 0 atom stereocenters. The molecule has 0 amide bonds. The Labute approximate surface area is 109 Å². The predicted octanol–water partition coefficient (Wildman–Crippen LogP) is 3.82. The van der Waals surface area contributed by atoms with Crippen LogP contribution in [0.2, 0.25) is 5.02 Å². The van der Waals surface area contributed by atoms with Crippen LogP contribution in [0.4, 0.5) is 0 Å². The second kappa shape index (κ2) is 4.82. The van der Waals surface area contributed by atoms with Crippen molar-refractivity contribution in [3.63, 3.8) is 0 Å². The van der Waals surface area contributed by atoms with Gasteiger partial charge in [0.15, 0.2) is 5.76 Å².